The smallest absolute Gasteiger partial charge is 0.222 e. The Morgan fingerprint density at radius 1 is 1.35 bits per heavy atom. The Labute approximate surface area is 174 Å². The molecule has 1 saturated heterocycles. The van der Waals surface area contributed by atoms with Gasteiger partial charge in [-0.1, -0.05) is 19.1 Å². The number of hydrogen-bond acceptors (Lipinski definition) is 3. The minimum absolute atomic E-state index is 0. The molecule has 1 fully saturated rings. The van der Waals surface area contributed by atoms with Crippen molar-refractivity contribution in [2.24, 2.45) is 4.99 Å². The third-order valence-electron chi connectivity index (χ3n) is 4.38. The van der Waals surface area contributed by atoms with Crippen molar-refractivity contribution in [3.63, 3.8) is 0 Å². The Bertz CT molecular complexity index is 605. The molecule has 0 saturated carbocycles. The number of nitrogens with one attached hydrogen (secondary N) is 2. The van der Waals surface area contributed by atoms with Crippen molar-refractivity contribution in [2.45, 2.75) is 39.3 Å². The Balaban J connectivity index is 0.00000338. The van der Waals surface area contributed by atoms with Gasteiger partial charge in [-0.05, 0) is 31.0 Å². The Kier molecular flexibility index (Phi) is 9.75. The molecule has 0 aliphatic carbocycles. The summed E-state index contributed by atoms with van der Waals surface area (Å²) in [5.41, 5.74) is 2.35. The number of likely N-dealkylation sites (tertiary alicyclic amines) is 1. The molecule has 1 atom stereocenters. The van der Waals surface area contributed by atoms with E-state index in [9.17, 15) is 4.79 Å². The molecule has 1 aromatic rings. The molecule has 1 aromatic carbocycles. The van der Waals surface area contributed by atoms with Crippen molar-refractivity contribution in [2.75, 3.05) is 38.6 Å². The Hall–Kier alpha value is -1.51. The number of carbonyl (C=O) groups excluding carboxylic acids is 1. The average molecular weight is 473 g/mol. The van der Waals surface area contributed by atoms with Crippen LogP contribution in [0.5, 0.6) is 0 Å². The van der Waals surface area contributed by atoms with E-state index in [0.29, 0.717) is 13.0 Å². The molecule has 0 bridgehead atoms. The van der Waals surface area contributed by atoms with Crippen molar-refractivity contribution in [3.8, 4) is 0 Å². The minimum Gasteiger partial charge on any atom is -0.378 e. The van der Waals surface area contributed by atoms with Crippen molar-refractivity contribution in [1.29, 1.82) is 0 Å². The van der Waals surface area contributed by atoms with Crippen LogP contribution in [0.25, 0.3) is 0 Å². The zero-order valence-electron chi connectivity index (χ0n) is 16.3. The number of anilines is 1. The van der Waals surface area contributed by atoms with Gasteiger partial charge in [0.2, 0.25) is 5.91 Å². The summed E-state index contributed by atoms with van der Waals surface area (Å²) in [6.07, 6.45) is 1.54. The maximum Gasteiger partial charge on any atom is 0.222 e. The van der Waals surface area contributed by atoms with Gasteiger partial charge in [0, 0.05) is 51.9 Å². The van der Waals surface area contributed by atoms with Crippen LogP contribution >= 0.6 is 24.0 Å². The largest absolute Gasteiger partial charge is 0.378 e. The van der Waals surface area contributed by atoms with Crippen LogP contribution < -0.4 is 15.5 Å². The topological polar surface area (TPSA) is 60.0 Å². The van der Waals surface area contributed by atoms with Crippen LogP contribution in [0, 0.1) is 0 Å². The molecule has 1 aliphatic rings. The number of aliphatic imine (C=N–C) groups is 1. The van der Waals surface area contributed by atoms with Crippen molar-refractivity contribution < 1.29 is 4.79 Å². The summed E-state index contributed by atoms with van der Waals surface area (Å²) in [5, 5.41) is 6.77. The van der Waals surface area contributed by atoms with Gasteiger partial charge >= 0.3 is 0 Å². The van der Waals surface area contributed by atoms with Crippen LogP contribution in [-0.4, -0.2) is 56.5 Å². The zero-order chi connectivity index (χ0) is 18.2. The highest BCUT2D eigenvalue weighted by Gasteiger charge is 2.25. The maximum absolute atomic E-state index is 11.8. The molecule has 2 N–H and O–H groups in total. The predicted molar refractivity (Wildman–Crippen MR) is 119 cm³/mol. The summed E-state index contributed by atoms with van der Waals surface area (Å²) in [6.45, 7) is 7.00. The first-order valence-electron chi connectivity index (χ1n) is 9.12. The van der Waals surface area contributed by atoms with E-state index in [0.717, 1.165) is 32.0 Å². The summed E-state index contributed by atoms with van der Waals surface area (Å²) >= 11 is 0. The van der Waals surface area contributed by atoms with Gasteiger partial charge in [0.05, 0.1) is 6.54 Å². The lowest BCUT2D eigenvalue weighted by molar-refractivity contribution is -0.129. The maximum atomic E-state index is 11.8. The van der Waals surface area contributed by atoms with E-state index in [1.807, 2.05) is 25.9 Å². The van der Waals surface area contributed by atoms with E-state index in [1.165, 1.54) is 11.3 Å². The number of hydrogen-bond donors (Lipinski definition) is 2. The fourth-order valence-electron chi connectivity index (χ4n) is 2.94. The lowest BCUT2D eigenvalue weighted by Crippen LogP contribution is -2.45. The lowest BCUT2D eigenvalue weighted by Gasteiger charge is -2.19. The number of carbonyl (C=O) groups is 1. The first-order chi connectivity index (χ1) is 12.0. The van der Waals surface area contributed by atoms with E-state index in [1.54, 1.807) is 0 Å². The normalized spacial score (nSPS) is 16.8. The molecule has 1 amide bonds. The van der Waals surface area contributed by atoms with Gasteiger partial charge in [0.25, 0.3) is 0 Å². The van der Waals surface area contributed by atoms with Crippen LogP contribution in [-0.2, 0) is 11.3 Å². The van der Waals surface area contributed by atoms with Gasteiger partial charge in [-0.15, -0.1) is 24.0 Å². The quantitative estimate of drug-likeness (QED) is 0.379. The monoisotopic (exact) mass is 473 g/mol. The molecule has 7 heteroatoms. The number of halogens is 1. The summed E-state index contributed by atoms with van der Waals surface area (Å²) in [4.78, 5) is 20.6. The molecule has 6 nitrogen and oxygen atoms in total. The molecule has 0 aromatic heterocycles. The molecule has 1 unspecified atom stereocenters. The molecular weight excluding hydrogens is 441 g/mol. The molecule has 0 spiro atoms. The first kappa shape index (κ1) is 22.5. The number of guanidine groups is 1. The van der Waals surface area contributed by atoms with Crippen LogP contribution in [0.3, 0.4) is 0 Å². The van der Waals surface area contributed by atoms with Crippen LogP contribution in [0.4, 0.5) is 5.69 Å². The van der Waals surface area contributed by atoms with Crippen LogP contribution in [0.2, 0.25) is 0 Å². The molecule has 0 radical (unpaired) electrons. The van der Waals surface area contributed by atoms with Crippen molar-refractivity contribution in [3.05, 3.63) is 29.8 Å². The summed E-state index contributed by atoms with van der Waals surface area (Å²) in [5.74, 6) is 1.04. The van der Waals surface area contributed by atoms with Gasteiger partial charge in [-0.3, -0.25) is 4.79 Å². The van der Waals surface area contributed by atoms with Crippen LogP contribution in [0.15, 0.2) is 29.3 Å². The van der Waals surface area contributed by atoms with Gasteiger partial charge in [0.15, 0.2) is 5.96 Å². The molecule has 26 heavy (non-hydrogen) atoms. The molecule has 1 heterocycles. The second-order valence-electron chi connectivity index (χ2n) is 6.58. The second kappa shape index (κ2) is 11.3. The summed E-state index contributed by atoms with van der Waals surface area (Å²) < 4.78 is 0. The fraction of sp³-hybridized carbons (Fsp3) is 0.579. The number of nitrogens with zero attached hydrogens (tertiary/aromatic N) is 3. The van der Waals surface area contributed by atoms with E-state index in [4.69, 9.17) is 4.99 Å². The molecule has 1 aliphatic heterocycles. The number of benzene rings is 1. The van der Waals surface area contributed by atoms with Crippen LogP contribution in [0.1, 0.15) is 32.3 Å². The zero-order valence-corrected chi connectivity index (χ0v) is 18.6. The van der Waals surface area contributed by atoms with E-state index < -0.39 is 0 Å². The third-order valence-corrected chi connectivity index (χ3v) is 4.38. The highest BCUT2D eigenvalue weighted by atomic mass is 127. The van der Waals surface area contributed by atoms with Gasteiger partial charge in [-0.25, -0.2) is 4.99 Å². The first-order valence-corrected chi connectivity index (χ1v) is 9.12. The highest BCUT2D eigenvalue weighted by molar-refractivity contribution is 14.0. The van der Waals surface area contributed by atoms with Gasteiger partial charge in [-0.2, -0.15) is 0 Å². The average Bonchev–Trinajstić information content (AvgIpc) is 3.08. The van der Waals surface area contributed by atoms with E-state index >= 15 is 0 Å². The van der Waals surface area contributed by atoms with E-state index in [-0.39, 0.29) is 35.9 Å². The van der Waals surface area contributed by atoms with Crippen molar-refractivity contribution >= 4 is 41.5 Å². The Morgan fingerprint density at radius 2 is 2.12 bits per heavy atom. The molecule has 2 rings (SSSR count). The SMILES string of the molecule is CCNC(=NCc1cccc(N(C)C)c1)NC1CCN(C(=O)CC)C1.I. The molecule has 146 valence electrons. The highest BCUT2D eigenvalue weighted by Crippen LogP contribution is 2.14. The summed E-state index contributed by atoms with van der Waals surface area (Å²) in [7, 11) is 4.08. The number of rotatable bonds is 6. The fourth-order valence-corrected chi connectivity index (χ4v) is 2.94. The van der Waals surface area contributed by atoms with Crippen molar-refractivity contribution in [1.82, 2.24) is 15.5 Å². The van der Waals surface area contributed by atoms with Gasteiger partial charge < -0.3 is 20.4 Å². The third kappa shape index (κ3) is 6.66. The standard InChI is InChI=1S/C19H31N5O.HI/c1-5-18(25)24-11-10-16(14-24)22-19(20-6-2)21-13-15-8-7-9-17(12-15)23(3)4;/h7-9,12,16H,5-6,10-11,13-14H2,1-4H3,(H2,20,21,22);1H. The second-order valence-corrected chi connectivity index (χ2v) is 6.58. The lowest BCUT2D eigenvalue weighted by atomic mass is 10.2. The van der Waals surface area contributed by atoms with Gasteiger partial charge in [0.1, 0.15) is 0 Å². The Morgan fingerprint density at radius 3 is 2.77 bits per heavy atom. The minimum atomic E-state index is 0. The molecular formula is C19H32IN5O. The van der Waals surface area contributed by atoms with E-state index in [2.05, 4.69) is 46.7 Å². The number of amides is 1. The predicted octanol–water partition coefficient (Wildman–Crippen LogP) is 2.44. The summed E-state index contributed by atoms with van der Waals surface area (Å²) in [6, 6.07) is 8.67.